The maximum atomic E-state index is 12.6. The molecule has 0 spiro atoms. The summed E-state index contributed by atoms with van der Waals surface area (Å²) in [6.07, 6.45) is -3.36. The minimum absolute atomic E-state index is 0.235. The highest BCUT2D eigenvalue weighted by Crippen LogP contribution is 2.31. The number of nitrogens with two attached hydrogens (primary N) is 1. The Bertz CT molecular complexity index is 603. The zero-order chi connectivity index (χ0) is 11.9. The van der Waals surface area contributed by atoms with E-state index in [1.165, 1.54) is 6.20 Å². The first-order valence-electron chi connectivity index (χ1n) is 4.25. The van der Waals surface area contributed by atoms with Gasteiger partial charge >= 0.3 is 6.18 Å². The van der Waals surface area contributed by atoms with E-state index < -0.39 is 22.9 Å². The van der Waals surface area contributed by atoms with Gasteiger partial charge in [0.15, 0.2) is 5.65 Å². The Labute approximate surface area is 87.1 Å². The summed E-state index contributed by atoms with van der Waals surface area (Å²) in [6, 6.07) is 2.95. The predicted molar refractivity (Wildman–Crippen MR) is 50.9 cm³/mol. The van der Waals surface area contributed by atoms with Gasteiger partial charge in [-0.2, -0.15) is 13.2 Å². The monoisotopic (exact) mass is 229 g/mol. The van der Waals surface area contributed by atoms with Crippen molar-refractivity contribution in [1.29, 1.82) is 0 Å². The number of halogens is 3. The van der Waals surface area contributed by atoms with Gasteiger partial charge in [0.2, 0.25) is 0 Å². The lowest BCUT2D eigenvalue weighted by Gasteiger charge is -2.09. The molecule has 0 saturated carbocycles. The first-order valence-corrected chi connectivity index (χ1v) is 4.25. The minimum Gasteiger partial charge on any atom is -0.383 e. The number of rotatable bonds is 0. The fraction of sp³-hybridized carbons (Fsp3) is 0.111. The Morgan fingerprint density at radius 1 is 1.38 bits per heavy atom. The number of alkyl halides is 3. The zero-order valence-corrected chi connectivity index (χ0v) is 7.82. The number of hydrogen-bond acceptors (Lipinski definition) is 3. The van der Waals surface area contributed by atoms with Crippen molar-refractivity contribution in [2.75, 3.05) is 5.73 Å². The second kappa shape index (κ2) is 3.22. The van der Waals surface area contributed by atoms with Crippen molar-refractivity contribution in [3.05, 3.63) is 40.3 Å². The molecule has 2 aromatic heterocycles. The smallest absolute Gasteiger partial charge is 0.383 e. The Kier molecular flexibility index (Phi) is 2.11. The average Bonchev–Trinajstić information content (AvgIpc) is 2.15. The van der Waals surface area contributed by atoms with Crippen LogP contribution in [0.15, 0.2) is 29.2 Å². The molecule has 16 heavy (non-hydrogen) atoms. The lowest BCUT2D eigenvalue weighted by Crippen LogP contribution is -2.19. The molecule has 4 nitrogen and oxygen atoms in total. The Hall–Kier alpha value is -2.05. The highest BCUT2D eigenvalue weighted by Gasteiger charge is 2.33. The van der Waals surface area contributed by atoms with Crippen LogP contribution in [-0.4, -0.2) is 9.38 Å². The third-order valence-corrected chi connectivity index (χ3v) is 2.02. The van der Waals surface area contributed by atoms with Crippen LogP contribution in [-0.2, 0) is 6.18 Å². The molecule has 2 heterocycles. The van der Waals surface area contributed by atoms with Gasteiger partial charge < -0.3 is 5.73 Å². The summed E-state index contributed by atoms with van der Waals surface area (Å²) in [6.45, 7) is 0. The normalized spacial score (nSPS) is 11.9. The van der Waals surface area contributed by atoms with Crippen LogP contribution in [0.2, 0.25) is 0 Å². The van der Waals surface area contributed by atoms with Gasteiger partial charge in [-0.05, 0) is 12.1 Å². The Balaban J connectivity index is 2.93. The summed E-state index contributed by atoms with van der Waals surface area (Å²) in [5.74, 6) is -0.235. The van der Waals surface area contributed by atoms with Crippen LogP contribution in [0.4, 0.5) is 19.0 Å². The van der Waals surface area contributed by atoms with E-state index in [0.29, 0.717) is 0 Å². The molecule has 0 fully saturated rings. The number of anilines is 1. The summed E-state index contributed by atoms with van der Waals surface area (Å²) in [7, 11) is 0. The average molecular weight is 229 g/mol. The number of nitrogens with zero attached hydrogens (tertiary/aromatic N) is 2. The molecular weight excluding hydrogens is 223 g/mol. The van der Waals surface area contributed by atoms with Crippen molar-refractivity contribution in [3.8, 4) is 0 Å². The first kappa shape index (κ1) is 10.5. The third-order valence-electron chi connectivity index (χ3n) is 2.02. The second-order valence-corrected chi connectivity index (χ2v) is 3.13. The van der Waals surface area contributed by atoms with Crippen molar-refractivity contribution < 1.29 is 13.2 Å². The van der Waals surface area contributed by atoms with Gasteiger partial charge in [-0.15, -0.1) is 0 Å². The Morgan fingerprint density at radius 2 is 2.06 bits per heavy atom. The van der Waals surface area contributed by atoms with Gasteiger partial charge in [0.25, 0.3) is 5.56 Å². The third kappa shape index (κ3) is 1.60. The molecule has 0 atom stereocenters. The number of nitrogen functional groups attached to an aromatic ring is 1. The standard InChI is InChI=1S/C9H6F3N3O/c10-9(11,12)5-2-1-3-15-7(16)4-6(13)14-8(5)15/h1-4H,13H2. The van der Waals surface area contributed by atoms with Crippen molar-refractivity contribution in [2.24, 2.45) is 0 Å². The molecule has 0 unspecified atom stereocenters. The quantitative estimate of drug-likeness (QED) is 0.740. The van der Waals surface area contributed by atoms with Gasteiger partial charge in [0.05, 0.1) is 5.56 Å². The number of pyridine rings is 1. The first-order chi connectivity index (χ1) is 7.39. The van der Waals surface area contributed by atoms with Crippen LogP contribution < -0.4 is 11.3 Å². The highest BCUT2D eigenvalue weighted by molar-refractivity contribution is 5.52. The van der Waals surface area contributed by atoms with Crippen molar-refractivity contribution in [2.45, 2.75) is 6.18 Å². The van der Waals surface area contributed by atoms with Gasteiger partial charge in [-0.25, -0.2) is 4.98 Å². The zero-order valence-electron chi connectivity index (χ0n) is 7.82. The highest BCUT2D eigenvalue weighted by atomic mass is 19.4. The van der Waals surface area contributed by atoms with Crippen molar-refractivity contribution in [3.63, 3.8) is 0 Å². The van der Waals surface area contributed by atoms with Crippen LogP contribution in [0, 0.1) is 0 Å². The van der Waals surface area contributed by atoms with Gasteiger partial charge in [0.1, 0.15) is 5.82 Å². The van der Waals surface area contributed by atoms with E-state index in [0.717, 1.165) is 22.6 Å². The number of fused-ring (bicyclic) bond motifs is 1. The van der Waals surface area contributed by atoms with Crippen LogP contribution in [0.5, 0.6) is 0 Å². The number of hydrogen-bond donors (Lipinski definition) is 1. The van der Waals surface area contributed by atoms with Crippen LogP contribution in [0.3, 0.4) is 0 Å². The fourth-order valence-electron chi connectivity index (χ4n) is 1.36. The molecule has 2 rings (SSSR count). The van der Waals surface area contributed by atoms with Gasteiger partial charge in [0, 0.05) is 12.3 Å². The lowest BCUT2D eigenvalue weighted by molar-refractivity contribution is -0.136. The molecule has 0 aliphatic carbocycles. The Morgan fingerprint density at radius 3 is 2.69 bits per heavy atom. The number of aromatic nitrogens is 2. The molecule has 84 valence electrons. The molecule has 2 aromatic rings. The summed E-state index contributed by atoms with van der Waals surface area (Å²) < 4.78 is 38.6. The molecule has 0 radical (unpaired) electrons. The fourth-order valence-corrected chi connectivity index (χ4v) is 1.36. The second-order valence-electron chi connectivity index (χ2n) is 3.13. The molecule has 0 aliphatic rings. The van der Waals surface area contributed by atoms with Crippen LogP contribution in [0.25, 0.3) is 5.65 Å². The van der Waals surface area contributed by atoms with E-state index in [4.69, 9.17) is 5.73 Å². The van der Waals surface area contributed by atoms with E-state index in [1.54, 1.807) is 0 Å². The lowest BCUT2D eigenvalue weighted by atomic mass is 10.2. The molecule has 7 heteroatoms. The van der Waals surface area contributed by atoms with E-state index in [-0.39, 0.29) is 5.82 Å². The maximum absolute atomic E-state index is 12.6. The molecule has 2 N–H and O–H groups in total. The summed E-state index contributed by atoms with van der Waals surface area (Å²) in [5.41, 5.74) is 3.13. The maximum Gasteiger partial charge on any atom is 0.419 e. The van der Waals surface area contributed by atoms with E-state index in [2.05, 4.69) is 4.98 Å². The summed E-state index contributed by atoms with van der Waals surface area (Å²) in [4.78, 5) is 14.9. The molecular formula is C9H6F3N3O. The molecule has 0 aliphatic heterocycles. The molecule has 0 bridgehead atoms. The predicted octanol–water partition coefficient (Wildman–Crippen LogP) is 1.30. The largest absolute Gasteiger partial charge is 0.419 e. The molecule has 0 saturated heterocycles. The SMILES string of the molecule is Nc1cc(=O)n2cccc(C(F)(F)F)c2n1. The van der Waals surface area contributed by atoms with Gasteiger partial charge in [-0.3, -0.25) is 9.20 Å². The van der Waals surface area contributed by atoms with Gasteiger partial charge in [-0.1, -0.05) is 0 Å². The van der Waals surface area contributed by atoms with Crippen molar-refractivity contribution in [1.82, 2.24) is 9.38 Å². The molecule has 0 aromatic carbocycles. The van der Waals surface area contributed by atoms with Crippen LogP contribution >= 0.6 is 0 Å². The summed E-state index contributed by atoms with van der Waals surface area (Å²) in [5, 5.41) is 0. The summed E-state index contributed by atoms with van der Waals surface area (Å²) >= 11 is 0. The van der Waals surface area contributed by atoms with Crippen molar-refractivity contribution >= 4 is 11.5 Å². The van der Waals surface area contributed by atoms with E-state index in [9.17, 15) is 18.0 Å². The van der Waals surface area contributed by atoms with E-state index >= 15 is 0 Å². The molecule has 0 amide bonds. The van der Waals surface area contributed by atoms with E-state index in [1.807, 2.05) is 0 Å². The topological polar surface area (TPSA) is 60.4 Å². The van der Waals surface area contributed by atoms with Crippen LogP contribution in [0.1, 0.15) is 5.56 Å². The minimum atomic E-state index is -4.57.